The maximum absolute atomic E-state index is 13.0. The minimum absolute atomic E-state index is 0.0412. The molecule has 0 unspecified atom stereocenters. The molecule has 3 nitrogen and oxygen atoms in total. The van der Waals surface area contributed by atoms with E-state index in [9.17, 15) is 9.18 Å². The summed E-state index contributed by atoms with van der Waals surface area (Å²) >= 11 is 0. The smallest absolute Gasteiger partial charge is 0.202 e. The second-order valence-electron chi connectivity index (χ2n) is 5.15. The van der Waals surface area contributed by atoms with E-state index in [0.29, 0.717) is 16.9 Å². The number of aromatic nitrogens is 1. The molecular formula is C17H20FNO2. The van der Waals surface area contributed by atoms with Crippen LogP contribution in [0.5, 0.6) is 5.75 Å². The number of halogens is 1. The average molecular weight is 289 g/mol. The Morgan fingerprint density at radius 2 is 1.95 bits per heavy atom. The summed E-state index contributed by atoms with van der Waals surface area (Å²) in [5, 5.41) is 0. The van der Waals surface area contributed by atoms with Crippen LogP contribution in [0.2, 0.25) is 0 Å². The van der Waals surface area contributed by atoms with Gasteiger partial charge in [0.25, 0.3) is 0 Å². The summed E-state index contributed by atoms with van der Waals surface area (Å²) in [5.41, 5.74) is 3.40. The molecule has 2 rings (SSSR count). The molecule has 0 aliphatic carbocycles. The number of hydrogen-bond acceptors (Lipinski definition) is 2. The van der Waals surface area contributed by atoms with Crippen LogP contribution < -0.4 is 4.74 Å². The van der Waals surface area contributed by atoms with E-state index in [1.54, 1.807) is 13.0 Å². The lowest BCUT2D eigenvalue weighted by Gasteiger charge is -2.09. The van der Waals surface area contributed by atoms with Gasteiger partial charge in [0.2, 0.25) is 5.78 Å². The molecule has 0 saturated heterocycles. The highest BCUT2D eigenvalue weighted by atomic mass is 19.1. The Morgan fingerprint density at radius 1 is 1.24 bits per heavy atom. The van der Waals surface area contributed by atoms with E-state index in [4.69, 9.17) is 4.74 Å². The van der Waals surface area contributed by atoms with E-state index < -0.39 is 0 Å². The van der Waals surface area contributed by atoms with Gasteiger partial charge in [0.1, 0.15) is 11.6 Å². The summed E-state index contributed by atoms with van der Waals surface area (Å²) in [6.45, 7) is 8.52. The lowest BCUT2D eigenvalue weighted by atomic mass is 10.1. The Balaban J connectivity index is 2.12. The summed E-state index contributed by atoms with van der Waals surface area (Å²) in [6.07, 6.45) is 0. The summed E-state index contributed by atoms with van der Waals surface area (Å²) < 4.78 is 20.6. The molecule has 0 bridgehead atoms. The number of benzene rings is 1. The Labute approximate surface area is 124 Å². The fourth-order valence-electron chi connectivity index (χ4n) is 2.57. The third-order valence-corrected chi connectivity index (χ3v) is 3.69. The molecule has 0 amide bonds. The number of ether oxygens (including phenoxy) is 1. The van der Waals surface area contributed by atoms with Gasteiger partial charge >= 0.3 is 0 Å². The Morgan fingerprint density at radius 3 is 2.52 bits per heavy atom. The van der Waals surface area contributed by atoms with E-state index in [1.807, 2.05) is 26.8 Å². The van der Waals surface area contributed by atoms with Crippen LogP contribution in [0, 0.1) is 26.6 Å². The zero-order valence-electron chi connectivity index (χ0n) is 12.9. The molecule has 112 valence electrons. The van der Waals surface area contributed by atoms with Gasteiger partial charge in [0.05, 0.1) is 0 Å². The minimum atomic E-state index is -0.308. The van der Waals surface area contributed by atoms with Crippen molar-refractivity contribution in [2.24, 2.45) is 0 Å². The van der Waals surface area contributed by atoms with Crippen LogP contribution in [0.15, 0.2) is 24.3 Å². The van der Waals surface area contributed by atoms with Crippen molar-refractivity contribution in [3.8, 4) is 5.75 Å². The van der Waals surface area contributed by atoms with Gasteiger partial charge in [-0.1, -0.05) is 0 Å². The maximum atomic E-state index is 13.0. The molecule has 0 aliphatic heterocycles. The molecule has 0 saturated carbocycles. The Kier molecular flexibility index (Phi) is 4.46. The van der Waals surface area contributed by atoms with E-state index in [2.05, 4.69) is 4.57 Å². The zero-order valence-corrected chi connectivity index (χ0v) is 12.9. The highest BCUT2D eigenvalue weighted by Crippen LogP contribution is 2.20. The SMILES string of the molecule is CCn1c(C)cc(C(=O)COc2ccc(F)cc2C)c1C. The largest absolute Gasteiger partial charge is 0.485 e. The van der Waals surface area contributed by atoms with Gasteiger partial charge in [-0.05, 0) is 57.5 Å². The van der Waals surface area contributed by atoms with Crippen molar-refractivity contribution in [2.75, 3.05) is 6.61 Å². The normalized spacial score (nSPS) is 10.7. The average Bonchev–Trinajstić information content (AvgIpc) is 2.72. The molecule has 21 heavy (non-hydrogen) atoms. The highest BCUT2D eigenvalue weighted by Gasteiger charge is 2.15. The fraction of sp³-hybridized carbons (Fsp3) is 0.353. The van der Waals surface area contributed by atoms with E-state index >= 15 is 0 Å². The second kappa shape index (κ2) is 6.12. The fourth-order valence-corrected chi connectivity index (χ4v) is 2.57. The first kappa shape index (κ1) is 15.3. The number of Topliss-reactive ketones (excluding diaryl/α,β-unsaturated/α-hetero) is 1. The van der Waals surface area contributed by atoms with Crippen molar-refractivity contribution in [3.05, 3.63) is 52.6 Å². The molecule has 1 aromatic carbocycles. The molecule has 1 aromatic heterocycles. The predicted molar refractivity (Wildman–Crippen MR) is 80.5 cm³/mol. The van der Waals surface area contributed by atoms with Crippen LogP contribution in [0.25, 0.3) is 0 Å². The standard InChI is InChI=1S/C17H20FNO2/c1-5-19-12(3)9-15(13(19)4)16(20)10-21-17-7-6-14(18)8-11(17)2/h6-9H,5,10H2,1-4H3. The first-order valence-corrected chi connectivity index (χ1v) is 7.03. The predicted octanol–water partition coefficient (Wildman–Crippen LogP) is 3.83. The summed E-state index contributed by atoms with van der Waals surface area (Å²) in [4.78, 5) is 12.3. The quantitative estimate of drug-likeness (QED) is 0.783. The van der Waals surface area contributed by atoms with Crippen molar-refractivity contribution in [2.45, 2.75) is 34.2 Å². The molecule has 2 aromatic rings. The molecule has 0 spiro atoms. The van der Waals surface area contributed by atoms with Crippen LogP contribution in [0.4, 0.5) is 4.39 Å². The number of hydrogen-bond donors (Lipinski definition) is 0. The van der Waals surface area contributed by atoms with Crippen LogP contribution in [-0.4, -0.2) is 17.0 Å². The Bertz CT molecular complexity index is 674. The molecule has 0 aliphatic rings. The topological polar surface area (TPSA) is 31.2 Å². The lowest BCUT2D eigenvalue weighted by Crippen LogP contribution is -2.13. The third kappa shape index (κ3) is 3.15. The first-order valence-electron chi connectivity index (χ1n) is 7.03. The molecule has 1 heterocycles. The van der Waals surface area contributed by atoms with Gasteiger partial charge in [0.15, 0.2) is 6.61 Å². The summed E-state index contributed by atoms with van der Waals surface area (Å²) in [7, 11) is 0. The van der Waals surface area contributed by atoms with Crippen molar-refractivity contribution in [1.29, 1.82) is 0 Å². The van der Waals surface area contributed by atoms with Crippen molar-refractivity contribution in [3.63, 3.8) is 0 Å². The number of aryl methyl sites for hydroxylation is 2. The molecule has 0 radical (unpaired) electrons. The molecule has 0 fully saturated rings. The monoisotopic (exact) mass is 289 g/mol. The highest BCUT2D eigenvalue weighted by molar-refractivity contribution is 5.98. The molecule has 4 heteroatoms. The van der Waals surface area contributed by atoms with Gasteiger partial charge in [-0.2, -0.15) is 0 Å². The minimum Gasteiger partial charge on any atom is -0.485 e. The number of carbonyl (C=O) groups excluding carboxylic acids is 1. The third-order valence-electron chi connectivity index (χ3n) is 3.69. The van der Waals surface area contributed by atoms with Crippen molar-refractivity contribution < 1.29 is 13.9 Å². The molecule has 0 N–H and O–H groups in total. The summed E-state index contributed by atoms with van der Waals surface area (Å²) in [5.74, 6) is 0.165. The second-order valence-corrected chi connectivity index (χ2v) is 5.15. The van der Waals surface area contributed by atoms with Gasteiger partial charge in [0, 0.05) is 23.5 Å². The lowest BCUT2D eigenvalue weighted by molar-refractivity contribution is 0.0920. The van der Waals surface area contributed by atoms with E-state index in [0.717, 1.165) is 17.9 Å². The molecule has 0 atom stereocenters. The van der Waals surface area contributed by atoms with Gasteiger partial charge in [-0.3, -0.25) is 4.79 Å². The van der Waals surface area contributed by atoms with Gasteiger partial charge in [-0.15, -0.1) is 0 Å². The first-order chi connectivity index (χ1) is 9.93. The van der Waals surface area contributed by atoms with E-state index in [-0.39, 0.29) is 18.2 Å². The van der Waals surface area contributed by atoms with Crippen LogP contribution >= 0.6 is 0 Å². The molecular weight excluding hydrogens is 269 g/mol. The van der Waals surface area contributed by atoms with Crippen LogP contribution in [-0.2, 0) is 6.54 Å². The van der Waals surface area contributed by atoms with Crippen molar-refractivity contribution >= 4 is 5.78 Å². The maximum Gasteiger partial charge on any atom is 0.202 e. The van der Waals surface area contributed by atoms with Crippen LogP contribution in [0.1, 0.15) is 34.2 Å². The number of ketones is 1. The number of rotatable bonds is 5. The van der Waals surface area contributed by atoms with Crippen molar-refractivity contribution in [1.82, 2.24) is 4.57 Å². The van der Waals surface area contributed by atoms with E-state index in [1.165, 1.54) is 12.1 Å². The van der Waals surface area contributed by atoms with Crippen LogP contribution in [0.3, 0.4) is 0 Å². The van der Waals surface area contributed by atoms with Gasteiger partial charge in [-0.25, -0.2) is 4.39 Å². The summed E-state index contributed by atoms with van der Waals surface area (Å²) in [6, 6.07) is 6.16. The Hall–Kier alpha value is -2.10. The zero-order chi connectivity index (χ0) is 15.6. The number of nitrogens with zero attached hydrogens (tertiary/aromatic N) is 1. The van der Waals surface area contributed by atoms with Gasteiger partial charge < -0.3 is 9.30 Å². The number of carbonyl (C=O) groups is 1.